The maximum Gasteiger partial charge on any atom is 0.118 e. The van der Waals surface area contributed by atoms with Crippen LogP contribution in [0.3, 0.4) is 0 Å². The Bertz CT molecular complexity index is 505. The molecule has 1 N–H and O–H groups in total. The van der Waals surface area contributed by atoms with Gasteiger partial charge in [-0.3, -0.25) is 0 Å². The van der Waals surface area contributed by atoms with E-state index in [4.69, 9.17) is 4.42 Å². The first-order valence-electron chi connectivity index (χ1n) is 6.77. The third-order valence-corrected chi connectivity index (χ3v) is 3.29. The van der Waals surface area contributed by atoms with Crippen LogP contribution in [0.2, 0.25) is 0 Å². The molecule has 2 rings (SSSR count). The van der Waals surface area contributed by atoms with Gasteiger partial charge in [-0.05, 0) is 39.1 Å². The number of hydrogen-bond acceptors (Lipinski definition) is 3. The zero-order valence-electron chi connectivity index (χ0n) is 11.9. The summed E-state index contributed by atoms with van der Waals surface area (Å²) in [5, 5.41) is 3.12. The number of anilines is 1. The highest BCUT2D eigenvalue weighted by atomic mass is 16.3. The standard InChI is InChI=1S/C16H22N2O/c1-4-18(15-8-6-5-7-9-15)12-14-10-16(11-17-3)19-13(14)2/h5-10,17H,4,11-12H2,1-3H3. The van der Waals surface area contributed by atoms with E-state index in [0.717, 1.165) is 31.2 Å². The lowest BCUT2D eigenvalue weighted by Crippen LogP contribution is -2.21. The number of hydrogen-bond donors (Lipinski definition) is 1. The van der Waals surface area contributed by atoms with Crippen LogP contribution in [-0.4, -0.2) is 13.6 Å². The van der Waals surface area contributed by atoms with Crippen LogP contribution in [0.5, 0.6) is 0 Å². The summed E-state index contributed by atoms with van der Waals surface area (Å²) in [4.78, 5) is 2.35. The fourth-order valence-electron chi connectivity index (χ4n) is 2.24. The molecule has 1 aromatic heterocycles. The smallest absolute Gasteiger partial charge is 0.118 e. The van der Waals surface area contributed by atoms with Gasteiger partial charge in [0.25, 0.3) is 0 Å². The van der Waals surface area contributed by atoms with Crippen molar-refractivity contribution in [2.45, 2.75) is 26.9 Å². The van der Waals surface area contributed by atoms with E-state index in [1.165, 1.54) is 11.3 Å². The summed E-state index contributed by atoms with van der Waals surface area (Å²) in [7, 11) is 1.93. The van der Waals surface area contributed by atoms with Crippen LogP contribution in [-0.2, 0) is 13.1 Å². The Morgan fingerprint density at radius 2 is 1.95 bits per heavy atom. The zero-order valence-corrected chi connectivity index (χ0v) is 11.9. The minimum absolute atomic E-state index is 0.776. The van der Waals surface area contributed by atoms with Gasteiger partial charge in [-0.1, -0.05) is 18.2 Å². The van der Waals surface area contributed by atoms with E-state index in [1.807, 2.05) is 20.0 Å². The first kappa shape index (κ1) is 13.7. The van der Waals surface area contributed by atoms with Gasteiger partial charge in [0.1, 0.15) is 11.5 Å². The number of benzene rings is 1. The van der Waals surface area contributed by atoms with E-state index in [9.17, 15) is 0 Å². The van der Waals surface area contributed by atoms with Crippen molar-refractivity contribution in [3.05, 3.63) is 53.5 Å². The number of rotatable bonds is 6. The van der Waals surface area contributed by atoms with Gasteiger partial charge in [0.2, 0.25) is 0 Å². The summed E-state index contributed by atoms with van der Waals surface area (Å²) < 4.78 is 5.75. The van der Waals surface area contributed by atoms with Crippen LogP contribution < -0.4 is 10.2 Å². The Morgan fingerprint density at radius 3 is 2.58 bits per heavy atom. The molecule has 0 unspecified atom stereocenters. The predicted octanol–water partition coefficient (Wildman–Crippen LogP) is 3.33. The summed E-state index contributed by atoms with van der Waals surface area (Å²) in [6.45, 7) is 6.86. The van der Waals surface area contributed by atoms with E-state index >= 15 is 0 Å². The lowest BCUT2D eigenvalue weighted by Gasteiger charge is -2.22. The number of furan rings is 1. The summed E-state index contributed by atoms with van der Waals surface area (Å²) >= 11 is 0. The highest BCUT2D eigenvalue weighted by Gasteiger charge is 2.11. The molecule has 0 radical (unpaired) electrons. The van der Waals surface area contributed by atoms with Gasteiger partial charge in [0.15, 0.2) is 0 Å². The second kappa shape index (κ2) is 6.43. The second-order valence-corrected chi connectivity index (χ2v) is 4.67. The molecule has 0 saturated heterocycles. The molecule has 0 spiro atoms. The van der Waals surface area contributed by atoms with Gasteiger partial charge in [0, 0.05) is 24.3 Å². The Hall–Kier alpha value is -1.74. The quantitative estimate of drug-likeness (QED) is 0.861. The molecule has 0 atom stereocenters. The Balaban J connectivity index is 2.14. The first-order valence-corrected chi connectivity index (χ1v) is 6.77. The number of aryl methyl sites for hydroxylation is 1. The van der Waals surface area contributed by atoms with Crippen LogP contribution in [0.4, 0.5) is 5.69 Å². The highest BCUT2D eigenvalue weighted by molar-refractivity contribution is 5.46. The van der Waals surface area contributed by atoms with Crippen molar-refractivity contribution in [2.24, 2.45) is 0 Å². The van der Waals surface area contributed by atoms with Crippen molar-refractivity contribution >= 4 is 5.69 Å². The van der Waals surface area contributed by atoms with E-state index in [1.54, 1.807) is 0 Å². The molecular formula is C16H22N2O. The fourth-order valence-corrected chi connectivity index (χ4v) is 2.24. The van der Waals surface area contributed by atoms with Gasteiger partial charge in [-0.2, -0.15) is 0 Å². The number of nitrogens with one attached hydrogen (secondary N) is 1. The minimum atomic E-state index is 0.776. The minimum Gasteiger partial charge on any atom is -0.465 e. The third-order valence-electron chi connectivity index (χ3n) is 3.29. The molecule has 1 heterocycles. The van der Waals surface area contributed by atoms with Gasteiger partial charge in [-0.15, -0.1) is 0 Å². The van der Waals surface area contributed by atoms with Gasteiger partial charge in [-0.25, -0.2) is 0 Å². The van der Waals surface area contributed by atoms with Crippen LogP contribution in [0.25, 0.3) is 0 Å². The molecule has 3 nitrogen and oxygen atoms in total. The predicted molar refractivity (Wildman–Crippen MR) is 79.4 cm³/mol. The molecular weight excluding hydrogens is 236 g/mol. The van der Waals surface area contributed by atoms with Crippen LogP contribution in [0.15, 0.2) is 40.8 Å². The number of para-hydroxylation sites is 1. The average Bonchev–Trinajstić information content (AvgIpc) is 2.77. The zero-order chi connectivity index (χ0) is 13.7. The van der Waals surface area contributed by atoms with Gasteiger partial charge < -0.3 is 14.6 Å². The fraction of sp³-hybridized carbons (Fsp3) is 0.375. The molecule has 0 saturated carbocycles. The summed E-state index contributed by atoms with van der Waals surface area (Å²) in [6.07, 6.45) is 0. The summed E-state index contributed by atoms with van der Waals surface area (Å²) in [6, 6.07) is 12.6. The van der Waals surface area contributed by atoms with E-state index < -0.39 is 0 Å². The molecule has 102 valence electrons. The van der Waals surface area contributed by atoms with Gasteiger partial charge in [0.05, 0.1) is 6.54 Å². The summed E-state index contributed by atoms with van der Waals surface area (Å²) in [5.41, 5.74) is 2.51. The molecule has 1 aromatic carbocycles. The topological polar surface area (TPSA) is 28.4 Å². The van der Waals surface area contributed by atoms with E-state index in [2.05, 4.69) is 47.5 Å². The molecule has 0 fully saturated rings. The van der Waals surface area contributed by atoms with Crippen LogP contribution in [0.1, 0.15) is 24.0 Å². The maximum absolute atomic E-state index is 5.75. The van der Waals surface area contributed by atoms with Crippen molar-refractivity contribution in [1.82, 2.24) is 5.32 Å². The van der Waals surface area contributed by atoms with Crippen LogP contribution in [0, 0.1) is 6.92 Å². The largest absolute Gasteiger partial charge is 0.465 e. The van der Waals surface area contributed by atoms with Crippen molar-refractivity contribution in [3.8, 4) is 0 Å². The monoisotopic (exact) mass is 258 g/mol. The second-order valence-electron chi connectivity index (χ2n) is 4.67. The third kappa shape index (κ3) is 3.38. The Morgan fingerprint density at radius 1 is 1.21 bits per heavy atom. The lowest BCUT2D eigenvalue weighted by atomic mass is 10.2. The number of nitrogens with zero attached hydrogens (tertiary/aromatic N) is 1. The molecule has 0 bridgehead atoms. The van der Waals surface area contributed by atoms with Gasteiger partial charge >= 0.3 is 0 Å². The molecule has 0 aliphatic rings. The first-order chi connectivity index (χ1) is 9.24. The Kier molecular flexibility index (Phi) is 4.63. The molecule has 0 amide bonds. The molecule has 3 heteroatoms. The van der Waals surface area contributed by atoms with E-state index in [-0.39, 0.29) is 0 Å². The van der Waals surface area contributed by atoms with Crippen molar-refractivity contribution in [3.63, 3.8) is 0 Å². The molecule has 19 heavy (non-hydrogen) atoms. The normalized spacial score (nSPS) is 10.7. The molecule has 0 aliphatic carbocycles. The molecule has 2 aromatic rings. The van der Waals surface area contributed by atoms with Crippen molar-refractivity contribution < 1.29 is 4.42 Å². The highest BCUT2D eigenvalue weighted by Crippen LogP contribution is 2.21. The maximum atomic E-state index is 5.75. The van der Waals surface area contributed by atoms with E-state index in [0.29, 0.717) is 0 Å². The molecule has 0 aliphatic heterocycles. The lowest BCUT2D eigenvalue weighted by molar-refractivity contribution is 0.469. The van der Waals surface area contributed by atoms with Crippen LogP contribution >= 0.6 is 0 Å². The van der Waals surface area contributed by atoms with Crippen molar-refractivity contribution in [2.75, 3.05) is 18.5 Å². The average molecular weight is 258 g/mol. The SMILES string of the molecule is CCN(Cc1cc(CNC)oc1C)c1ccccc1. The summed E-state index contributed by atoms with van der Waals surface area (Å²) in [5.74, 6) is 2.01. The van der Waals surface area contributed by atoms with Crippen molar-refractivity contribution in [1.29, 1.82) is 0 Å². The Labute approximate surface area is 115 Å².